The van der Waals surface area contributed by atoms with Crippen molar-refractivity contribution in [2.24, 2.45) is 0 Å². The number of ether oxygens (including phenoxy) is 2. The fourth-order valence-electron chi connectivity index (χ4n) is 1.65. The summed E-state index contributed by atoms with van der Waals surface area (Å²) in [5, 5.41) is 8.32. The number of rotatable bonds is 4. The minimum Gasteiger partial charge on any atom is -0.486 e. The van der Waals surface area contributed by atoms with Gasteiger partial charge in [-0.1, -0.05) is 6.07 Å². The van der Waals surface area contributed by atoms with Crippen LogP contribution in [0.15, 0.2) is 18.2 Å². The molecule has 1 N–H and O–H groups in total. The molecule has 0 aliphatic carbocycles. The van der Waals surface area contributed by atoms with Crippen LogP contribution in [-0.2, 0) is 11.2 Å². The topological polar surface area (TPSA) is 55.8 Å². The zero-order valence-corrected chi connectivity index (χ0v) is 9.49. The maximum atomic E-state index is 12.9. The molecule has 0 saturated carbocycles. The predicted octanol–water partition coefficient (Wildman–Crippen LogP) is 2.11. The van der Waals surface area contributed by atoms with Crippen LogP contribution in [0.4, 0.5) is 8.78 Å². The molecule has 0 fully saturated rings. The highest BCUT2D eigenvalue weighted by Crippen LogP contribution is 2.32. The standard InChI is InChI=1S/C12H12F2O4/c13-12(14,11(15)16)4-3-8-1-2-9-10(7-8)18-6-5-17-9/h1-2,7H,3-6H2,(H,15,16). The monoisotopic (exact) mass is 258 g/mol. The number of hydrogen-bond donors (Lipinski definition) is 1. The third-order valence-corrected chi connectivity index (χ3v) is 2.65. The first-order valence-corrected chi connectivity index (χ1v) is 5.49. The highest BCUT2D eigenvalue weighted by molar-refractivity contribution is 5.75. The van der Waals surface area contributed by atoms with Crippen molar-refractivity contribution in [2.75, 3.05) is 13.2 Å². The van der Waals surface area contributed by atoms with Gasteiger partial charge in [0.25, 0.3) is 0 Å². The van der Waals surface area contributed by atoms with Gasteiger partial charge in [0.1, 0.15) is 13.2 Å². The van der Waals surface area contributed by atoms with E-state index in [4.69, 9.17) is 14.6 Å². The van der Waals surface area contributed by atoms with Crippen LogP contribution in [0.2, 0.25) is 0 Å². The minimum atomic E-state index is -3.70. The van der Waals surface area contributed by atoms with Gasteiger partial charge in [0.2, 0.25) is 0 Å². The normalized spacial score (nSPS) is 14.3. The van der Waals surface area contributed by atoms with E-state index in [0.717, 1.165) is 0 Å². The molecule has 1 heterocycles. The summed E-state index contributed by atoms with van der Waals surface area (Å²) in [7, 11) is 0. The quantitative estimate of drug-likeness (QED) is 0.898. The Bertz CT molecular complexity index is 459. The summed E-state index contributed by atoms with van der Waals surface area (Å²) in [6.45, 7) is 0.880. The molecule has 0 aromatic heterocycles. The van der Waals surface area contributed by atoms with Gasteiger partial charge in [0.15, 0.2) is 11.5 Å². The van der Waals surface area contributed by atoms with E-state index in [9.17, 15) is 13.6 Å². The van der Waals surface area contributed by atoms with Gasteiger partial charge < -0.3 is 14.6 Å². The number of carboxylic acid groups (broad SMARTS) is 1. The number of benzene rings is 1. The van der Waals surface area contributed by atoms with Gasteiger partial charge in [0.05, 0.1) is 0 Å². The number of carbonyl (C=O) groups is 1. The Morgan fingerprint density at radius 3 is 2.61 bits per heavy atom. The lowest BCUT2D eigenvalue weighted by Crippen LogP contribution is -2.28. The highest BCUT2D eigenvalue weighted by Gasteiger charge is 2.38. The van der Waals surface area contributed by atoms with E-state index in [0.29, 0.717) is 30.3 Å². The molecule has 1 aromatic rings. The largest absolute Gasteiger partial charge is 0.486 e. The summed E-state index contributed by atoms with van der Waals surface area (Å²) in [5.74, 6) is -4.71. The van der Waals surface area contributed by atoms with Crippen molar-refractivity contribution in [3.63, 3.8) is 0 Å². The molecule has 0 amide bonds. The molecule has 2 rings (SSSR count). The molecule has 0 radical (unpaired) electrons. The Morgan fingerprint density at radius 1 is 1.28 bits per heavy atom. The lowest BCUT2D eigenvalue weighted by Gasteiger charge is -2.19. The average molecular weight is 258 g/mol. The second-order valence-corrected chi connectivity index (χ2v) is 3.99. The van der Waals surface area contributed by atoms with Gasteiger partial charge in [0, 0.05) is 6.42 Å². The van der Waals surface area contributed by atoms with E-state index in [1.54, 1.807) is 18.2 Å². The summed E-state index contributed by atoms with van der Waals surface area (Å²) >= 11 is 0. The van der Waals surface area contributed by atoms with Crippen LogP contribution < -0.4 is 9.47 Å². The van der Waals surface area contributed by atoms with Crippen LogP contribution in [-0.4, -0.2) is 30.2 Å². The molecule has 0 atom stereocenters. The van der Waals surface area contributed by atoms with Crippen molar-refractivity contribution in [1.29, 1.82) is 0 Å². The molecule has 0 unspecified atom stereocenters. The fourth-order valence-corrected chi connectivity index (χ4v) is 1.65. The molecule has 1 aliphatic rings. The number of carboxylic acids is 1. The first kappa shape index (κ1) is 12.6. The van der Waals surface area contributed by atoms with Gasteiger partial charge in [-0.15, -0.1) is 0 Å². The summed E-state index contributed by atoms with van der Waals surface area (Å²) in [4.78, 5) is 10.3. The number of hydrogen-bond acceptors (Lipinski definition) is 3. The zero-order valence-electron chi connectivity index (χ0n) is 9.49. The van der Waals surface area contributed by atoms with E-state index < -0.39 is 18.3 Å². The molecular formula is C12H12F2O4. The van der Waals surface area contributed by atoms with E-state index >= 15 is 0 Å². The van der Waals surface area contributed by atoms with Crippen LogP contribution in [0.5, 0.6) is 11.5 Å². The molecule has 0 bridgehead atoms. The molecule has 6 heteroatoms. The summed E-state index contributed by atoms with van der Waals surface area (Å²) < 4.78 is 36.4. The summed E-state index contributed by atoms with van der Waals surface area (Å²) in [6, 6.07) is 4.88. The summed E-state index contributed by atoms with van der Waals surface area (Å²) in [5.41, 5.74) is 0.597. The van der Waals surface area contributed by atoms with Gasteiger partial charge in [-0.05, 0) is 24.1 Å². The van der Waals surface area contributed by atoms with Crippen LogP contribution >= 0.6 is 0 Å². The number of fused-ring (bicyclic) bond motifs is 1. The van der Waals surface area contributed by atoms with E-state index in [-0.39, 0.29) is 6.42 Å². The Balaban J connectivity index is 2.04. The third kappa shape index (κ3) is 2.69. The van der Waals surface area contributed by atoms with Gasteiger partial charge in [-0.2, -0.15) is 8.78 Å². The summed E-state index contributed by atoms with van der Waals surface area (Å²) in [6.07, 6.45) is -0.766. The van der Waals surface area contributed by atoms with Gasteiger partial charge >= 0.3 is 11.9 Å². The van der Waals surface area contributed by atoms with Crippen molar-refractivity contribution in [3.05, 3.63) is 23.8 Å². The van der Waals surface area contributed by atoms with Crippen molar-refractivity contribution in [1.82, 2.24) is 0 Å². The first-order chi connectivity index (χ1) is 8.49. The van der Waals surface area contributed by atoms with Crippen LogP contribution in [0.25, 0.3) is 0 Å². The van der Waals surface area contributed by atoms with Crippen molar-refractivity contribution in [3.8, 4) is 11.5 Å². The van der Waals surface area contributed by atoms with Crippen LogP contribution in [0.3, 0.4) is 0 Å². The molecule has 98 valence electrons. The van der Waals surface area contributed by atoms with Gasteiger partial charge in [-0.3, -0.25) is 0 Å². The fraction of sp³-hybridized carbons (Fsp3) is 0.417. The minimum absolute atomic E-state index is 0.0318. The van der Waals surface area contributed by atoms with Crippen LogP contribution in [0, 0.1) is 0 Å². The second kappa shape index (κ2) is 4.80. The molecule has 18 heavy (non-hydrogen) atoms. The van der Waals surface area contributed by atoms with Crippen molar-refractivity contribution >= 4 is 5.97 Å². The Kier molecular flexibility index (Phi) is 3.36. The van der Waals surface area contributed by atoms with Crippen molar-refractivity contribution < 1.29 is 28.2 Å². The average Bonchev–Trinajstić information content (AvgIpc) is 2.36. The first-order valence-electron chi connectivity index (χ1n) is 5.49. The second-order valence-electron chi connectivity index (χ2n) is 3.99. The van der Waals surface area contributed by atoms with E-state index in [1.165, 1.54) is 0 Å². The molecule has 1 aromatic carbocycles. The number of aliphatic carboxylic acids is 1. The Morgan fingerprint density at radius 2 is 1.94 bits per heavy atom. The molecule has 4 nitrogen and oxygen atoms in total. The molecule has 0 spiro atoms. The molecule has 0 saturated heterocycles. The van der Waals surface area contributed by atoms with E-state index in [1.807, 2.05) is 0 Å². The lowest BCUT2D eigenvalue weighted by atomic mass is 10.1. The maximum Gasteiger partial charge on any atom is 0.374 e. The van der Waals surface area contributed by atoms with Crippen molar-refractivity contribution in [2.45, 2.75) is 18.8 Å². The lowest BCUT2D eigenvalue weighted by molar-refractivity contribution is -0.165. The SMILES string of the molecule is O=C(O)C(F)(F)CCc1ccc2c(c1)OCCO2. The zero-order chi connectivity index (χ0) is 13.2. The van der Waals surface area contributed by atoms with Crippen LogP contribution in [0.1, 0.15) is 12.0 Å². The van der Waals surface area contributed by atoms with E-state index in [2.05, 4.69) is 0 Å². The predicted molar refractivity (Wildman–Crippen MR) is 58.3 cm³/mol. The smallest absolute Gasteiger partial charge is 0.374 e. The maximum absolute atomic E-state index is 12.9. The number of halogens is 2. The third-order valence-electron chi connectivity index (χ3n) is 2.65. The highest BCUT2D eigenvalue weighted by atomic mass is 19.3. The Labute approximate surface area is 102 Å². The molecule has 1 aliphatic heterocycles. The Hall–Kier alpha value is -1.85. The number of alkyl halides is 2. The molecular weight excluding hydrogens is 246 g/mol. The van der Waals surface area contributed by atoms with Gasteiger partial charge in [-0.25, -0.2) is 4.79 Å². The number of aryl methyl sites for hydroxylation is 1.